The van der Waals surface area contributed by atoms with E-state index < -0.39 is 0 Å². The molecule has 4 rings (SSSR count). The zero-order chi connectivity index (χ0) is 20.7. The number of pyridine rings is 1. The first-order chi connectivity index (χ1) is 13.9. The molecule has 2 aromatic rings. The van der Waals surface area contributed by atoms with Gasteiger partial charge in [0.05, 0.1) is 0 Å². The van der Waals surface area contributed by atoms with Crippen molar-refractivity contribution in [1.82, 2.24) is 9.47 Å². The molecule has 5 heteroatoms. The van der Waals surface area contributed by atoms with Crippen LogP contribution in [0.1, 0.15) is 60.5 Å². The molecular weight excluding hydrogens is 362 g/mol. The summed E-state index contributed by atoms with van der Waals surface area (Å²) < 4.78 is 1.60. The number of nitrogens with zero attached hydrogens (tertiary/aromatic N) is 2. The first-order valence-electron chi connectivity index (χ1n) is 10.7. The summed E-state index contributed by atoms with van der Waals surface area (Å²) in [4.78, 5) is 28.6. The molecule has 0 unspecified atom stereocenters. The lowest BCUT2D eigenvalue weighted by molar-refractivity contribution is 0.0780. The van der Waals surface area contributed by atoms with Crippen molar-refractivity contribution in [2.24, 2.45) is 17.6 Å². The van der Waals surface area contributed by atoms with E-state index in [1.165, 1.54) is 5.56 Å². The topological polar surface area (TPSA) is 68.3 Å². The van der Waals surface area contributed by atoms with Gasteiger partial charge < -0.3 is 10.6 Å². The smallest absolute Gasteiger partial charge is 0.268 e. The number of carbonyl (C=O) groups excluding carboxylic acids is 1. The number of rotatable bonds is 3. The molecule has 2 fully saturated rings. The van der Waals surface area contributed by atoms with Crippen LogP contribution >= 0.6 is 0 Å². The molecule has 3 atom stereocenters. The highest BCUT2D eigenvalue weighted by Crippen LogP contribution is 2.36. The van der Waals surface area contributed by atoms with Gasteiger partial charge in [0.15, 0.2) is 0 Å². The van der Waals surface area contributed by atoms with Crippen molar-refractivity contribution in [3.63, 3.8) is 0 Å². The van der Waals surface area contributed by atoms with Crippen molar-refractivity contribution >= 4 is 5.91 Å². The normalized spacial score (nSPS) is 24.0. The van der Waals surface area contributed by atoms with Crippen LogP contribution in [0.15, 0.2) is 41.3 Å². The molecule has 1 saturated carbocycles. The molecule has 0 bridgehead atoms. The maximum Gasteiger partial charge on any atom is 0.268 e. The van der Waals surface area contributed by atoms with E-state index in [0.717, 1.165) is 30.5 Å². The third kappa shape index (κ3) is 3.64. The number of carbonyl (C=O) groups is 1. The Morgan fingerprint density at radius 3 is 2.69 bits per heavy atom. The summed E-state index contributed by atoms with van der Waals surface area (Å²) in [7, 11) is 0. The zero-order valence-electron chi connectivity index (χ0n) is 17.6. The Bertz CT molecular complexity index is 978. The van der Waals surface area contributed by atoms with Gasteiger partial charge in [-0.15, -0.1) is 0 Å². The van der Waals surface area contributed by atoms with Crippen LogP contribution in [0.4, 0.5) is 0 Å². The van der Waals surface area contributed by atoms with E-state index in [2.05, 4.69) is 19.9 Å². The minimum Gasteiger partial charge on any atom is -0.338 e. The molecule has 1 saturated heterocycles. The van der Waals surface area contributed by atoms with Crippen molar-refractivity contribution in [2.75, 3.05) is 13.1 Å². The number of nitrogens with two attached hydrogens (primary N) is 1. The molecule has 2 aliphatic rings. The van der Waals surface area contributed by atoms with Gasteiger partial charge in [0.25, 0.3) is 11.5 Å². The lowest BCUT2D eigenvalue weighted by Gasteiger charge is -2.29. The Balaban J connectivity index is 1.68. The molecular formula is C24H31N3O2. The molecule has 0 spiro atoms. The minimum absolute atomic E-state index is 0.150. The number of hydrogen-bond donors (Lipinski definition) is 1. The fraction of sp³-hybridized carbons (Fsp3) is 0.500. The standard InChI is InChI=1S/C24H31N3O2/c1-15(2)17-6-4-8-19(12-17)27-11-10-16(3)22(24(27)29)23(28)26-13-18-7-5-9-21(25)20(18)14-26/h4,6,8,10-12,15,18,20-21H,5,7,9,13-14,25H2,1-3H3/t18-,20+,21-/m1/s1. The van der Waals surface area contributed by atoms with E-state index in [4.69, 9.17) is 5.73 Å². The lowest BCUT2D eigenvalue weighted by atomic mass is 9.78. The maximum absolute atomic E-state index is 13.4. The van der Waals surface area contributed by atoms with Crippen LogP contribution in [0.5, 0.6) is 0 Å². The highest BCUT2D eigenvalue weighted by Gasteiger charge is 2.41. The Morgan fingerprint density at radius 1 is 1.17 bits per heavy atom. The first-order valence-corrected chi connectivity index (χ1v) is 10.7. The third-order valence-corrected chi connectivity index (χ3v) is 6.77. The van der Waals surface area contributed by atoms with Crippen LogP contribution in [-0.2, 0) is 0 Å². The Hall–Kier alpha value is -2.40. The molecule has 1 amide bonds. The molecule has 2 N–H and O–H groups in total. The van der Waals surface area contributed by atoms with Crippen molar-refractivity contribution < 1.29 is 4.79 Å². The Kier molecular flexibility index (Phi) is 5.34. The zero-order valence-corrected chi connectivity index (χ0v) is 17.6. The number of benzene rings is 1. The molecule has 1 aliphatic carbocycles. The van der Waals surface area contributed by atoms with Gasteiger partial charge in [-0.05, 0) is 66.8 Å². The molecule has 154 valence electrons. The first kappa shape index (κ1) is 19.9. The van der Waals surface area contributed by atoms with Gasteiger partial charge in [-0.2, -0.15) is 0 Å². The summed E-state index contributed by atoms with van der Waals surface area (Å²) in [5.74, 6) is 1.05. The highest BCUT2D eigenvalue weighted by molar-refractivity contribution is 5.95. The van der Waals surface area contributed by atoms with Gasteiger partial charge in [-0.25, -0.2) is 0 Å². The summed E-state index contributed by atoms with van der Waals surface area (Å²) in [6.07, 6.45) is 5.07. The number of amides is 1. The van der Waals surface area contributed by atoms with Gasteiger partial charge in [0.1, 0.15) is 5.56 Å². The van der Waals surface area contributed by atoms with Gasteiger partial charge in [-0.1, -0.05) is 32.4 Å². The third-order valence-electron chi connectivity index (χ3n) is 6.77. The summed E-state index contributed by atoms with van der Waals surface area (Å²) >= 11 is 0. The predicted octanol–water partition coefficient (Wildman–Crippen LogP) is 3.47. The fourth-order valence-electron chi connectivity index (χ4n) is 4.96. The molecule has 0 radical (unpaired) electrons. The summed E-state index contributed by atoms with van der Waals surface area (Å²) in [6, 6.07) is 10.0. The number of aryl methyl sites for hydroxylation is 1. The van der Waals surface area contributed by atoms with Crippen LogP contribution < -0.4 is 11.3 Å². The Morgan fingerprint density at radius 2 is 1.97 bits per heavy atom. The van der Waals surface area contributed by atoms with Crippen LogP contribution in [0.25, 0.3) is 5.69 Å². The number of fused-ring (bicyclic) bond motifs is 1. The minimum atomic E-state index is -0.241. The van der Waals surface area contributed by atoms with E-state index in [1.807, 2.05) is 36.1 Å². The van der Waals surface area contributed by atoms with Crippen molar-refractivity contribution in [3.05, 3.63) is 63.6 Å². The Labute approximate surface area is 172 Å². The lowest BCUT2D eigenvalue weighted by Crippen LogP contribution is -2.39. The predicted molar refractivity (Wildman–Crippen MR) is 116 cm³/mol. The van der Waals surface area contributed by atoms with Crippen LogP contribution in [0.3, 0.4) is 0 Å². The largest absolute Gasteiger partial charge is 0.338 e. The van der Waals surface area contributed by atoms with Crippen molar-refractivity contribution in [1.29, 1.82) is 0 Å². The average Bonchev–Trinajstić information content (AvgIpc) is 3.14. The molecule has 5 nitrogen and oxygen atoms in total. The number of aromatic nitrogens is 1. The van der Waals surface area contributed by atoms with Crippen molar-refractivity contribution in [2.45, 2.75) is 52.0 Å². The summed E-state index contributed by atoms with van der Waals surface area (Å²) in [5.41, 5.74) is 9.06. The van der Waals surface area contributed by atoms with Crippen molar-refractivity contribution in [3.8, 4) is 5.69 Å². The summed E-state index contributed by atoms with van der Waals surface area (Å²) in [5, 5.41) is 0. The second-order valence-electron chi connectivity index (χ2n) is 9.03. The van der Waals surface area contributed by atoms with Gasteiger partial charge in [-0.3, -0.25) is 14.2 Å². The van der Waals surface area contributed by atoms with Crippen LogP contribution in [0.2, 0.25) is 0 Å². The molecule has 29 heavy (non-hydrogen) atoms. The second kappa shape index (κ2) is 7.79. The van der Waals surface area contributed by atoms with E-state index in [0.29, 0.717) is 30.8 Å². The van der Waals surface area contributed by atoms with Gasteiger partial charge in [0, 0.05) is 31.0 Å². The molecule has 2 heterocycles. The highest BCUT2D eigenvalue weighted by atomic mass is 16.2. The summed E-state index contributed by atoms with van der Waals surface area (Å²) in [6.45, 7) is 7.49. The van der Waals surface area contributed by atoms with E-state index >= 15 is 0 Å². The van der Waals surface area contributed by atoms with E-state index in [9.17, 15) is 9.59 Å². The van der Waals surface area contributed by atoms with E-state index in [-0.39, 0.29) is 23.1 Å². The quantitative estimate of drug-likeness (QED) is 0.868. The fourth-order valence-corrected chi connectivity index (χ4v) is 4.96. The molecule has 1 aliphatic heterocycles. The van der Waals surface area contributed by atoms with Crippen LogP contribution in [-0.4, -0.2) is 34.5 Å². The maximum atomic E-state index is 13.4. The van der Waals surface area contributed by atoms with Crippen LogP contribution in [0, 0.1) is 18.8 Å². The molecule has 1 aromatic heterocycles. The van der Waals surface area contributed by atoms with Gasteiger partial charge in [0.2, 0.25) is 0 Å². The number of likely N-dealkylation sites (tertiary alicyclic amines) is 1. The average molecular weight is 394 g/mol. The van der Waals surface area contributed by atoms with E-state index in [1.54, 1.807) is 10.8 Å². The van der Waals surface area contributed by atoms with Gasteiger partial charge >= 0.3 is 0 Å². The second-order valence-corrected chi connectivity index (χ2v) is 9.03. The number of hydrogen-bond acceptors (Lipinski definition) is 3. The SMILES string of the molecule is Cc1ccn(-c2cccc(C(C)C)c2)c(=O)c1C(=O)N1C[C@H]2CCC[C@@H](N)[C@H]2C1. The molecule has 1 aromatic carbocycles. The monoisotopic (exact) mass is 393 g/mol.